The van der Waals surface area contributed by atoms with Crippen LogP contribution in [0.25, 0.3) is 10.9 Å². The van der Waals surface area contributed by atoms with Crippen LogP contribution in [-0.2, 0) is 11.3 Å². The molecule has 4 rings (SSSR count). The van der Waals surface area contributed by atoms with E-state index in [1.165, 1.54) is 21.6 Å². The van der Waals surface area contributed by atoms with E-state index in [0.717, 1.165) is 11.8 Å². The van der Waals surface area contributed by atoms with Crippen LogP contribution in [0.4, 0.5) is 8.78 Å². The quantitative estimate of drug-likeness (QED) is 0.538. The number of fused-ring (bicyclic) bond motifs is 1. The standard InChI is InChI=1S/C22H20ClF2N3O4S/c1-12-20(33-16-4-2-3-15(26-16)21(30)31)13-5-6-14(23)18(25)19(13)28(12)9-17(29)27-8-7-22(32,10-24)11-27/h2-6,32H,7-11H2,1H3,(H,30,31). The number of benzene rings is 1. The molecule has 2 N–H and O–H groups in total. The Morgan fingerprint density at radius 1 is 1.30 bits per heavy atom. The van der Waals surface area contributed by atoms with Crippen LogP contribution in [0.15, 0.2) is 40.3 Å². The number of nitrogens with zero attached hydrogens (tertiary/aromatic N) is 3. The van der Waals surface area contributed by atoms with Gasteiger partial charge in [0.05, 0.1) is 17.1 Å². The second-order valence-corrected chi connectivity index (χ2v) is 9.39. The number of aromatic nitrogens is 2. The average molecular weight is 496 g/mol. The average Bonchev–Trinajstić information content (AvgIpc) is 3.31. The molecule has 1 aliphatic heterocycles. The number of hydrogen-bond donors (Lipinski definition) is 2. The lowest BCUT2D eigenvalue weighted by Crippen LogP contribution is -2.39. The minimum absolute atomic E-state index is 0.107. The Labute approximate surface area is 197 Å². The van der Waals surface area contributed by atoms with Gasteiger partial charge in [0.25, 0.3) is 0 Å². The summed E-state index contributed by atoms with van der Waals surface area (Å²) >= 11 is 7.17. The maximum absolute atomic E-state index is 15.1. The largest absolute Gasteiger partial charge is 0.477 e. The molecule has 2 aromatic heterocycles. The SMILES string of the molecule is Cc1c(Sc2cccc(C(=O)O)n2)c2ccc(Cl)c(F)c2n1CC(=O)N1CCC(O)(CF)C1. The fourth-order valence-electron chi connectivity index (χ4n) is 3.91. The van der Waals surface area contributed by atoms with Crippen LogP contribution in [0.3, 0.4) is 0 Å². The van der Waals surface area contributed by atoms with E-state index in [2.05, 4.69) is 4.98 Å². The fraction of sp³-hybridized carbons (Fsp3) is 0.318. The van der Waals surface area contributed by atoms with Crippen LogP contribution in [0.5, 0.6) is 0 Å². The van der Waals surface area contributed by atoms with Crippen LogP contribution < -0.4 is 0 Å². The molecule has 1 fully saturated rings. The Hall–Kier alpha value is -2.69. The Balaban J connectivity index is 1.74. The first kappa shape index (κ1) is 23.5. The number of aliphatic hydroxyl groups is 1. The maximum Gasteiger partial charge on any atom is 0.354 e. The van der Waals surface area contributed by atoms with Gasteiger partial charge in [0.1, 0.15) is 29.5 Å². The lowest BCUT2D eigenvalue weighted by molar-refractivity contribution is -0.131. The summed E-state index contributed by atoms with van der Waals surface area (Å²) in [6.45, 7) is 0.609. The molecule has 11 heteroatoms. The van der Waals surface area contributed by atoms with Crippen molar-refractivity contribution >= 4 is 46.1 Å². The summed E-state index contributed by atoms with van der Waals surface area (Å²) in [6.07, 6.45) is 0.132. The van der Waals surface area contributed by atoms with Gasteiger partial charge < -0.3 is 19.7 Å². The number of hydrogen-bond acceptors (Lipinski definition) is 5. The number of likely N-dealkylation sites (tertiary alicyclic amines) is 1. The summed E-state index contributed by atoms with van der Waals surface area (Å²) < 4.78 is 29.7. The van der Waals surface area contributed by atoms with Crippen LogP contribution in [0.2, 0.25) is 5.02 Å². The van der Waals surface area contributed by atoms with Crippen LogP contribution >= 0.6 is 23.4 Å². The number of halogens is 3. The van der Waals surface area contributed by atoms with Crippen molar-refractivity contribution in [3.05, 3.63) is 52.6 Å². The summed E-state index contributed by atoms with van der Waals surface area (Å²) in [7, 11) is 0. The highest BCUT2D eigenvalue weighted by Gasteiger charge is 2.38. The van der Waals surface area contributed by atoms with Crippen molar-refractivity contribution in [2.45, 2.75) is 35.4 Å². The van der Waals surface area contributed by atoms with E-state index in [1.54, 1.807) is 25.1 Å². The first-order chi connectivity index (χ1) is 15.6. The molecule has 1 atom stereocenters. The number of carbonyl (C=O) groups is 2. The van der Waals surface area contributed by atoms with Crippen molar-refractivity contribution < 1.29 is 28.6 Å². The van der Waals surface area contributed by atoms with E-state index in [1.807, 2.05) is 0 Å². The molecule has 0 aliphatic carbocycles. The van der Waals surface area contributed by atoms with Crippen molar-refractivity contribution in [3.8, 4) is 0 Å². The minimum atomic E-state index is -1.56. The topological polar surface area (TPSA) is 95.7 Å². The van der Waals surface area contributed by atoms with Gasteiger partial charge in [0, 0.05) is 22.5 Å². The highest BCUT2D eigenvalue weighted by molar-refractivity contribution is 7.99. The zero-order chi connectivity index (χ0) is 23.9. The van der Waals surface area contributed by atoms with Gasteiger partial charge in [-0.3, -0.25) is 4.79 Å². The van der Waals surface area contributed by atoms with E-state index in [-0.39, 0.29) is 48.2 Å². The molecule has 1 amide bonds. The van der Waals surface area contributed by atoms with Crippen LogP contribution in [-0.4, -0.2) is 61.9 Å². The Kier molecular flexibility index (Phi) is 6.35. The van der Waals surface area contributed by atoms with Gasteiger partial charge in [-0.1, -0.05) is 29.4 Å². The lowest BCUT2D eigenvalue weighted by Gasteiger charge is -2.21. The number of carboxylic acids is 1. The first-order valence-corrected chi connectivity index (χ1v) is 11.2. The predicted molar refractivity (Wildman–Crippen MR) is 119 cm³/mol. The Morgan fingerprint density at radius 2 is 2.06 bits per heavy atom. The van der Waals surface area contributed by atoms with Gasteiger partial charge in [0.15, 0.2) is 5.82 Å². The number of aromatic carboxylic acids is 1. The molecule has 0 saturated carbocycles. The van der Waals surface area contributed by atoms with E-state index in [4.69, 9.17) is 11.6 Å². The smallest absolute Gasteiger partial charge is 0.354 e. The monoisotopic (exact) mass is 495 g/mol. The van der Waals surface area contributed by atoms with E-state index in [0.29, 0.717) is 21.0 Å². The molecule has 1 aromatic carbocycles. The number of rotatable bonds is 6. The van der Waals surface area contributed by atoms with Gasteiger partial charge >= 0.3 is 5.97 Å². The molecular formula is C22H20ClF2N3O4S. The Bertz CT molecular complexity index is 1270. The summed E-state index contributed by atoms with van der Waals surface area (Å²) in [4.78, 5) is 30.3. The van der Waals surface area contributed by atoms with E-state index >= 15 is 4.39 Å². The molecule has 1 aliphatic rings. The van der Waals surface area contributed by atoms with Gasteiger partial charge in [-0.25, -0.2) is 18.6 Å². The number of carbonyl (C=O) groups excluding carboxylic acids is 1. The number of amides is 1. The third kappa shape index (κ3) is 4.42. The molecule has 33 heavy (non-hydrogen) atoms. The third-order valence-electron chi connectivity index (χ3n) is 5.69. The normalized spacial score (nSPS) is 18.3. The number of alkyl halides is 1. The first-order valence-electron chi connectivity index (χ1n) is 10.0. The highest BCUT2D eigenvalue weighted by Crippen LogP contribution is 2.40. The fourth-order valence-corrected chi connectivity index (χ4v) is 5.09. The van der Waals surface area contributed by atoms with Crippen molar-refractivity contribution in [2.75, 3.05) is 19.8 Å². The molecule has 0 bridgehead atoms. The van der Waals surface area contributed by atoms with E-state index < -0.39 is 24.1 Å². The molecule has 1 saturated heterocycles. The minimum Gasteiger partial charge on any atom is -0.477 e. The van der Waals surface area contributed by atoms with Crippen molar-refractivity contribution in [2.24, 2.45) is 0 Å². The van der Waals surface area contributed by atoms with Crippen LogP contribution in [0.1, 0.15) is 22.6 Å². The zero-order valence-electron chi connectivity index (χ0n) is 17.5. The second kappa shape index (κ2) is 8.92. The summed E-state index contributed by atoms with van der Waals surface area (Å²) in [6, 6.07) is 7.62. The molecular weight excluding hydrogens is 476 g/mol. The van der Waals surface area contributed by atoms with Gasteiger partial charge in [-0.15, -0.1) is 0 Å². The van der Waals surface area contributed by atoms with Crippen molar-refractivity contribution in [1.29, 1.82) is 0 Å². The second-order valence-electron chi connectivity index (χ2n) is 7.95. The van der Waals surface area contributed by atoms with E-state index in [9.17, 15) is 24.2 Å². The highest BCUT2D eigenvalue weighted by atomic mass is 35.5. The van der Waals surface area contributed by atoms with Gasteiger partial charge in [-0.2, -0.15) is 0 Å². The van der Waals surface area contributed by atoms with Gasteiger partial charge in [0.2, 0.25) is 5.91 Å². The number of pyridine rings is 1. The third-order valence-corrected chi connectivity index (χ3v) is 7.14. The summed E-state index contributed by atoms with van der Waals surface area (Å²) in [5, 5.41) is 20.1. The molecule has 3 heterocycles. The molecule has 3 aromatic rings. The molecule has 0 spiro atoms. The Morgan fingerprint density at radius 3 is 2.73 bits per heavy atom. The van der Waals surface area contributed by atoms with Crippen molar-refractivity contribution in [3.63, 3.8) is 0 Å². The van der Waals surface area contributed by atoms with Gasteiger partial charge in [-0.05, 0) is 37.6 Å². The maximum atomic E-state index is 15.1. The molecule has 1 unspecified atom stereocenters. The molecule has 0 radical (unpaired) electrons. The van der Waals surface area contributed by atoms with Crippen LogP contribution in [0, 0.1) is 12.7 Å². The predicted octanol–water partition coefficient (Wildman–Crippen LogP) is 3.92. The summed E-state index contributed by atoms with van der Waals surface area (Å²) in [5.74, 6) is -2.24. The number of carboxylic acid groups (broad SMARTS) is 1. The van der Waals surface area contributed by atoms with Crippen molar-refractivity contribution in [1.82, 2.24) is 14.5 Å². The zero-order valence-corrected chi connectivity index (χ0v) is 19.1. The summed E-state index contributed by atoms with van der Waals surface area (Å²) in [5.41, 5.74) is -0.989. The number of β-amino-alcohol motifs (C(OH)–C–C–N with tert-alkyl or cyclic N) is 1. The molecule has 174 valence electrons. The lowest BCUT2D eigenvalue weighted by atomic mass is 10.1. The molecule has 7 nitrogen and oxygen atoms in total.